The van der Waals surface area contributed by atoms with Gasteiger partial charge in [0.25, 0.3) is 0 Å². The predicted octanol–water partition coefficient (Wildman–Crippen LogP) is 2.89. The maximum Gasteiger partial charge on any atom is 0.158 e. The zero-order valence-electron chi connectivity index (χ0n) is 15.9. The molecule has 0 spiro atoms. The van der Waals surface area contributed by atoms with Crippen LogP contribution < -0.4 is 10.2 Å². The molecule has 0 saturated heterocycles. The number of anilines is 2. The number of nitriles is 1. The van der Waals surface area contributed by atoms with Crippen molar-refractivity contribution < 1.29 is 0 Å². The van der Waals surface area contributed by atoms with Crippen LogP contribution in [-0.4, -0.2) is 45.1 Å². The Morgan fingerprint density at radius 1 is 1.25 bits per heavy atom. The van der Waals surface area contributed by atoms with E-state index in [1.165, 1.54) is 6.20 Å². The molecule has 28 heavy (non-hydrogen) atoms. The Balaban J connectivity index is 1.35. The van der Waals surface area contributed by atoms with Crippen molar-refractivity contribution in [3.63, 3.8) is 0 Å². The number of rotatable bonds is 3. The van der Waals surface area contributed by atoms with Crippen LogP contribution in [0.1, 0.15) is 32.4 Å². The molecule has 1 aliphatic carbocycles. The molecule has 5 atom stereocenters. The summed E-state index contributed by atoms with van der Waals surface area (Å²) < 4.78 is 0. The largest absolute Gasteiger partial charge is 0.366 e. The van der Waals surface area contributed by atoms with Crippen molar-refractivity contribution in [2.75, 3.05) is 10.2 Å². The molecule has 2 unspecified atom stereocenters. The highest BCUT2D eigenvalue weighted by Gasteiger charge is 2.46. The van der Waals surface area contributed by atoms with E-state index in [9.17, 15) is 0 Å². The van der Waals surface area contributed by atoms with E-state index in [4.69, 9.17) is 10.3 Å². The number of amidine groups is 1. The number of aliphatic imine (C=N–C) groups is 2. The fourth-order valence-corrected chi connectivity index (χ4v) is 4.96. The molecule has 4 heterocycles. The van der Waals surface area contributed by atoms with E-state index in [1.54, 1.807) is 6.20 Å². The molecule has 2 aliphatic heterocycles. The summed E-state index contributed by atoms with van der Waals surface area (Å²) in [6.07, 6.45) is 9.09. The Morgan fingerprint density at radius 2 is 2.14 bits per heavy atom. The highest BCUT2D eigenvalue weighted by atomic mass is 15.3. The van der Waals surface area contributed by atoms with Gasteiger partial charge in [-0.1, -0.05) is 6.92 Å². The topological polar surface area (TPSA) is 105 Å². The van der Waals surface area contributed by atoms with Crippen LogP contribution in [0.4, 0.5) is 17.3 Å². The second kappa shape index (κ2) is 6.44. The Kier molecular flexibility index (Phi) is 3.90. The smallest absolute Gasteiger partial charge is 0.158 e. The summed E-state index contributed by atoms with van der Waals surface area (Å²) in [6, 6.07) is 4.98. The number of nitrogens with one attached hydrogen (secondary N) is 2. The summed E-state index contributed by atoms with van der Waals surface area (Å²) in [5.41, 5.74) is 1.46. The number of H-pyrrole nitrogens is 1. The van der Waals surface area contributed by atoms with Gasteiger partial charge in [-0.25, -0.2) is 15.0 Å². The van der Waals surface area contributed by atoms with Gasteiger partial charge in [0.1, 0.15) is 17.7 Å². The van der Waals surface area contributed by atoms with Crippen LogP contribution in [0.2, 0.25) is 0 Å². The van der Waals surface area contributed by atoms with E-state index in [-0.39, 0.29) is 6.04 Å². The first-order chi connectivity index (χ1) is 13.6. The lowest BCUT2D eigenvalue weighted by Gasteiger charge is -2.35. The predicted molar refractivity (Wildman–Crippen MR) is 108 cm³/mol. The first kappa shape index (κ1) is 16.9. The fraction of sp³-hybridized carbons (Fsp3) is 0.450. The van der Waals surface area contributed by atoms with Crippen molar-refractivity contribution in [3.05, 3.63) is 30.4 Å². The molecule has 8 nitrogen and oxygen atoms in total. The van der Waals surface area contributed by atoms with Crippen LogP contribution in [0.25, 0.3) is 0 Å². The molecule has 2 N–H and O–H groups in total. The van der Waals surface area contributed by atoms with Gasteiger partial charge in [0.2, 0.25) is 0 Å². The quantitative estimate of drug-likeness (QED) is 0.859. The van der Waals surface area contributed by atoms with Gasteiger partial charge < -0.3 is 15.2 Å². The van der Waals surface area contributed by atoms with Gasteiger partial charge in [-0.3, -0.25) is 4.99 Å². The second-order valence-electron chi connectivity index (χ2n) is 7.91. The van der Waals surface area contributed by atoms with E-state index < -0.39 is 0 Å². The molecule has 1 fully saturated rings. The van der Waals surface area contributed by atoms with Gasteiger partial charge >= 0.3 is 0 Å². The minimum absolute atomic E-state index is 0.225. The molecule has 142 valence electrons. The Morgan fingerprint density at radius 3 is 2.93 bits per heavy atom. The highest BCUT2D eigenvalue weighted by Crippen LogP contribution is 2.44. The number of hydrogen-bond donors (Lipinski definition) is 2. The lowest BCUT2D eigenvalue weighted by atomic mass is 9.86. The molecule has 8 heteroatoms. The van der Waals surface area contributed by atoms with Crippen molar-refractivity contribution >= 4 is 29.4 Å². The summed E-state index contributed by atoms with van der Waals surface area (Å²) in [4.78, 5) is 23.4. The molecule has 0 aromatic carbocycles. The molecule has 2 aromatic rings. The Labute approximate surface area is 163 Å². The van der Waals surface area contributed by atoms with E-state index in [0.717, 1.165) is 36.0 Å². The average Bonchev–Trinajstić information content (AvgIpc) is 3.38. The molecule has 1 saturated carbocycles. The van der Waals surface area contributed by atoms with Gasteiger partial charge in [0.15, 0.2) is 11.5 Å². The highest BCUT2D eigenvalue weighted by molar-refractivity contribution is 6.38. The van der Waals surface area contributed by atoms with Gasteiger partial charge in [-0.15, -0.1) is 0 Å². The van der Waals surface area contributed by atoms with Crippen molar-refractivity contribution in [1.29, 1.82) is 5.26 Å². The first-order valence-corrected chi connectivity index (χ1v) is 9.71. The second-order valence-corrected chi connectivity index (χ2v) is 7.91. The maximum absolute atomic E-state index is 8.88. The van der Waals surface area contributed by atoms with Crippen LogP contribution in [0.15, 0.2) is 34.6 Å². The summed E-state index contributed by atoms with van der Waals surface area (Å²) >= 11 is 0. The van der Waals surface area contributed by atoms with E-state index in [1.807, 2.05) is 18.5 Å². The van der Waals surface area contributed by atoms with Gasteiger partial charge in [-0.05, 0) is 37.7 Å². The molecule has 0 bridgehead atoms. The minimum Gasteiger partial charge on any atom is -0.366 e. The molecule has 2 aromatic heterocycles. The summed E-state index contributed by atoms with van der Waals surface area (Å²) in [5.74, 6) is 3.67. The molecular weight excluding hydrogens is 352 g/mol. The first-order valence-electron chi connectivity index (χ1n) is 9.71. The third kappa shape index (κ3) is 2.66. The summed E-state index contributed by atoms with van der Waals surface area (Å²) in [5, 5.41) is 12.4. The average molecular weight is 374 g/mol. The van der Waals surface area contributed by atoms with Crippen LogP contribution in [0.5, 0.6) is 0 Å². The van der Waals surface area contributed by atoms with Crippen molar-refractivity contribution in [2.45, 2.75) is 44.8 Å². The standard InChI is InChI=1S/C20H22N8/c1-11-5-13(27-17-9-23-14(7-21)8-24-17)6-15(11)19-12(2)26-18-10-25-20-16(28(18)19)3-4-22-20/h3-4,8-13,15,19,22H,5-6H2,1-2H3,(H,24,27)/t11-,12?,13+,15-,19?/m1/s1. The zero-order valence-corrected chi connectivity index (χ0v) is 15.9. The summed E-state index contributed by atoms with van der Waals surface area (Å²) in [7, 11) is 0. The van der Waals surface area contributed by atoms with Crippen molar-refractivity contribution in [1.82, 2.24) is 15.0 Å². The van der Waals surface area contributed by atoms with Crippen molar-refractivity contribution in [2.24, 2.45) is 21.8 Å². The number of aromatic amines is 1. The molecule has 3 aliphatic rings. The van der Waals surface area contributed by atoms with Crippen LogP contribution in [0.3, 0.4) is 0 Å². The van der Waals surface area contributed by atoms with Crippen LogP contribution >= 0.6 is 0 Å². The number of aromatic nitrogens is 3. The normalized spacial score (nSPS) is 30.5. The number of fused-ring (bicyclic) bond motifs is 3. The summed E-state index contributed by atoms with van der Waals surface area (Å²) in [6.45, 7) is 4.54. The number of nitrogens with zero attached hydrogens (tertiary/aromatic N) is 6. The third-order valence-corrected chi connectivity index (χ3v) is 6.15. The molecule has 5 rings (SSSR count). The van der Waals surface area contributed by atoms with E-state index in [0.29, 0.717) is 29.6 Å². The van der Waals surface area contributed by atoms with Gasteiger partial charge in [0, 0.05) is 12.2 Å². The fourth-order valence-electron chi connectivity index (χ4n) is 4.96. The lowest BCUT2D eigenvalue weighted by Crippen LogP contribution is -2.46. The van der Waals surface area contributed by atoms with E-state index in [2.05, 4.69) is 50.1 Å². The number of hydrogen-bond acceptors (Lipinski definition) is 7. The van der Waals surface area contributed by atoms with Gasteiger partial charge in [0.05, 0.1) is 36.4 Å². The van der Waals surface area contributed by atoms with Gasteiger partial charge in [-0.2, -0.15) is 5.26 Å². The van der Waals surface area contributed by atoms with Crippen LogP contribution in [0, 0.1) is 23.2 Å². The molecule has 0 radical (unpaired) electrons. The van der Waals surface area contributed by atoms with Crippen molar-refractivity contribution in [3.8, 4) is 6.07 Å². The minimum atomic E-state index is 0.225. The van der Waals surface area contributed by atoms with Crippen LogP contribution in [-0.2, 0) is 0 Å². The zero-order chi connectivity index (χ0) is 19.3. The Bertz CT molecular complexity index is 982. The SMILES string of the molecule is CC1N=C2C=Nc3[nH]ccc3N2C1[C@@H]1C[C@@H](Nc2cnc(C#N)cn2)C[C@H]1C. The third-order valence-electron chi connectivity index (χ3n) is 6.15. The molecule has 0 amide bonds. The molecular formula is C20H22N8. The van der Waals surface area contributed by atoms with E-state index >= 15 is 0 Å². The maximum atomic E-state index is 8.88. The monoisotopic (exact) mass is 374 g/mol. The Hall–Kier alpha value is -3.21. The lowest BCUT2D eigenvalue weighted by molar-refractivity contribution is 0.328.